The molecular formula is C18H25N3O4S. The molecule has 0 atom stereocenters. The molecule has 0 unspecified atom stereocenters. The standard InChI is InChI=1S/C18H25N3O4S/c1-11(2)21(12(3)4)16(22)10-26-18-20-19-17(25-18)14-8-7-13(23-5)9-15(14)24-6/h7-9,11-12H,10H2,1-6H3. The Morgan fingerprint density at radius 3 is 2.42 bits per heavy atom. The summed E-state index contributed by atoms with van der Waals surface area (Å²) in [6, 6.07) is 5.62. The Labute approximate surface area is 158 Å². The molecule has 0 aliphatic heterocycles. The summed E-state index contributed by atoms with van der Waals surface area (Å²) in [5, 5.41) is 8.43. The van der Waals surface area contributed by atoms with Crippen LogP contribution in [0.5, 0.6) is 11.5 Å². The molecule has 8 heteroatoms. The monoisotopic (exact) mass is 379 g/mol. The average Bonchev–Trinajstić information content (AvgIpc) is 3.07. The normalized spacial score (nSPS) is 11.1. The third-order valence-electron chi connectivity index (χ3n) is 3.77. The highest BCUT2D eigenvalue weighted by Gasteiger charge is 2.21. The van der Waals surface area contributed by atoms with Gasteiger partial charge >= 0.3 is 0 Å². The second kappa shape index (κ2) is 8.93. The van der Waals surface area contributed by atoms with Crippen molar-refractivity contribution in [2.75, 3.05) is 20.0 Å². The molecule has 26 heavy (non-hydrogen) atoms. The molecule has 0 saturated heterocycles. The SMILES string of the molecule is COc1ccc(-c2nnc(SCC(=O)N(C(C)C)C(C)C)o2)c(OC)c1. The summed E-state index contributed by atoms with van der Waals surface area (Å²) >= 11 is 1.23. The fourth-order valence-corrected chi connectivity index (χ4v) is 3.35. The lowest BCUT2D eigenvalue weighted by Crippen LogP contribution is -2.43. The van der Waals surface area contributed by atoms with Gasteiger partial charge in [-0.15, -0.1) is 10.2 Å². The number of ether oxygens (including phenoxy) is 2. The molecule has 2 aromatic rings. The van der Waals surface area contributed by atoms with Crippen LogP contribution >= 0.6 is 11.8 Å². The zero-order chi connectivity index (χ0) is 19.3. The van der Waals surface area contributed by atoms with Crippen LogP contribution in [-0.2, 0) is 4.79 Å². The highest BCUT2D eigenvalue weighted by Crippen LogP contribution is 2.33. The second-order valence-electron chi connectivity index (χ2n) is 6.22. The van der Waals surface area contributed by atoms with Crippen molar-refractivity contribution in [1.29, 1.82) is 0 Å². The smallest absolute Gasteiger partial charge is 0.277 e. The van der Waals surface area contributed by atoms with Gasteiger partial charge in [-0.3, -0.25) is 4.79 Å². The van der Waals surface area contributed by atoms with E-state index in [1.54, 1.807) is 32.4 Å². The zero-order valence-corrected chi connectivity index (χ0v) is 16.8. The maximum Gasteiger partial charge on any atom is 0.277 e. The van der Waals surface area contributed by atoms with E-state index in [2.05, 4.69) is 10.2 Å². The van der Waals surface area contributed by atoms with Gasteiger partial charge < -0.3 is 18.8 Å². The number of aromatic nitrogens is 2. The quantitative estimate of drug-likeness (QED) is 0.650. The van der Waals surface area contributed by atoms with Crippen molar-refractivity contribution in [2.45, 2.75) is 45.0 Å². The Hall–Kier alpha value is -2.22. The minimum Gasteiger partial charge on any atom is -0.497 e. The van der Waals surface area contributed by atoms with Crippen molar-refractivity contribution < 1.29 is 18.7 Å². The number of thioether (sulfide) groups is 1. The summed E-state index contributed by atoms with van der Waals surface area (Å²) < 4.78 is 16.2. The van der Waals surface area contributed by atoms with Gasteiger partial charge in [-0.25, -0.2) is 0 Å². The minimum atomic E-state index is 0.0433. The first-order valence-electron chi connectivity index (χ1n) is 8.37. The van der Waals surface area contributed by atoms with Gasteiger partial charge in [0.1, 0.15) is 11.5 Å². The molecule has 0 saturated carbocycles. The van der Waals surface area contributed by atoms with E-state index in [4.69, 9.17) is 13.9 Å². The fourth-order valence-electron chi connectivity index (χ4n) is 2.72. The number of nitrogens with zero attached hydrogens (tertiary/aromatic N) is 3. The molecule has 1 amide bonds. The van der Waals surface area contributed by atoms with E-state index in [0.717, 1.165) is 0 Å². The van der Waals surface area contributed by atoms with Gasteiger partial charge in [-0.2, -0.15) is 0 Å². The Kier molecular flexibility index (Phi) is 6.90. The highest BCUT2D eigenvalue weighted by molar-refractivity contribution is 7.99. The molecule has 0 aliphatic rings. The molecule has 0 N–H and O–H groups in total. The van der Waals surface area contributed by atoms with Crippen LogP contribution in [0.1, 0.15) is 27.7 Å². The van der Waals surface area contributed by atoms with Crippen molar-refractivity contribution in [3.63, 3.8) is 0 Å². The van der Waals surface area contributed by atoms with E-state index in [9.17, 15) is 4.79 Å². The van der Waals surface area contributed by atoms with E-state index < -0.39 is 0 Å². The molecule has 1 aromatic carbocycles. The topological polar surface area (TPSA) is 77.7 Å². The lowest BCUT2D eigenvalue weighted by molar-refractivity contribution is -0.131. The molecule has 7 nitrogen and oxygen atoms in total. The Morgan fingerprint density at radius 1 is 1.15 bits per heavy atom. The highest BCUT2D eigenvalue weighted by atomic mass is 32.2. The Balaban J connectivity index is 2.10. The summed E-state index contributed by atoms with van der Waals surface area (Å²) in [5.41, 5.74) is 0.671. The van der Waals surface area contributed by atoms with Crippen LogP contribution in [0.2, 0.25) is 0 Å². The molecule has 2 rings (SSSR count). The van der Waals surface area contributed by atoms with Gasteiger partial charge in [0.15, 0.2) is 0 Å². The lowest BCUT2D eigenvalue weighted by atomic mass is 10.2. The van der Waals surface area contributed by atoms with E-state index in [1.807, 2.05) is 32.6 Å². The average molecular weight is 379 g/mol. The number of hydrogen-bond acceptors (Lipinski definition) is 7. The summed E-state index contributed by atoms with van der Waals surface area (Å²) in [5.74, 6) is 1.88. The van der Waals surface area contributed by atoms with Gasteiger partial charge in [0.25, 0.3) is 11.1 Å². The van der Waals surface area contributed by atoms with Crippen LogP contribution in [-0.4, -0.2) is 53.1 Å². The molecule has 0 bridgehead atoms. The maximum absolute atomic E-state index is 12.4. The predicted molar refractivity (Wildman–Crippen MR) is 101 cm³/mol. The largest absolute Gasteiger partial charge is 0.497 e. The van der Waals surface area contributed by atoms with Gasteiger partial charge in [0.2, 0.25) is 5.91 Å². The zero-order valence-electron chi connectivity index (χ0n) is 16.0. The summed E-state index contributed by atoms with van der Waals surface area (Å²) in [6.07, 6.45) is 0. The van der Waals surface area contributed by atoms with Gasteiger partial charge in [-0.1, -0.05) is 11.8 Å². The van der Waals surface area contributed by atoms with Gasteiger partial charge in [0, 0.05) is 18.2 Å². The van der Waals surface area contributed by atoms with Crippen molar-refractivity contribution in [3.05, 3.63) is 18.2 Å². The number of rotatable bonds is 8. The Morgan fingerprint density at radius 2 is 1.85 bits per heavy atom. The second-order valence-corrected chi connectivity index (χ2v) is 7.14. The van der Waals surface area contributed by atoms with Crippen LogP contribution in [0.3, 0.4) is 0 Å². The van der Waals surface area contributed by atoms with E-state index >= 15 is 0 Å². The van der Waals surface area contributed by atoms with E-state index in [1.165, 1.54) is 11.8 Å². The van der Waals surface area contributed by atoms with Crippen LogP contribution in [0, 0.1) is 0 Å². The van der Waals surface area contributed by atoms with Crippen LogP contribution in [0.15, 0.2) is 27.8 Å². The molecule has 1 aromatic heterocycles. The Bertz CT molecular complexity index is 738. The van der Waals surface area contributed by atoms with Crippen molar-refractivity contribution in [3.8, 4) is 23.0 Å². The number of amides is 1. The van der Waals surface area contributed by atoms with Crippen molar-refractivity contribution >= 4 is 17.7 Å². The van der Waals surface area contributed by atoms with E-state index in [0.29, 0.717) is 28.2 Å². The summed E-state index contributed by atoms with van der Waals surface area (Å²) in [4.78, 5) is 14.3. The molecule has 0 spiro atoms. The van der Waals surface area contributed by atoms with E-state index in [-0.39, 0.29) is 23.7 Å². The molecular weight excluding hydrogens is 354 g/mol. The number of methoxy groups -OCH3 is 2. The van der Waals surface area contributed by atoms with Gasteiger partial charge in [0.05, 0.1) is 25.5 Å². The lowest BCUT2D eigenvalue weighted by Gasteiger charge is -2.30. The van der Waals surface area contributed by atoms with Crippen LogP contribution in [0.4, 0.5) is 0 Å². The minimum absolute atomic E-state index is 0.0433. The maximum atomic E-state index is 12.4. The third kappa shape index (κ3) is 4.69. The summed E-state index contributed by atoms with van der Waals surface area (Å²) in [7, 11) is 3.15. The predicted octanol–water partition coefficient (Wildman–Crippen LogP) is 3.49. The first-order chi connectivity index (χ1) is 12.4. The first kappa shape index (κ1) is 20.1. The van der Waals surface area contributed by atoms with Crippen molar-refractivity contribution in [2.24, 2.45) is 0 Å². The third-order valence-corrected chi connectivity index (χ3v) is 4.57. The molecule has 0 aliphatic carbocycles. The molecule has 1 heterocycles. The number of carbonyl (C=O) groups excluding carboxylic acids is 1. The number of hydrogen-bond donors (Lipinski definition) is 0. The molecule has 0 fully saturated rings. The molecule has 142 valence electrons. The van der Waals surface area contributed by atoms with Gasteiger partial charge in [-0.05, 0) is 39.8 Å². The van der Waals surface area contributed by atoms with Crippen LogP contribution < -0.4 is 9.47 Å². The number of carbonyl (C=O) groups is 1. The number of benzene rings is 1. The van der Waals surface area contributed by atoms with Crippen molar-refractivity contribution in [1.82, 2.24) is 15.1 Å². The molecule has 0 radical (unpaired) electrons. The van der Waals surface area contributed by atoms with Crippen LogP contribution in [0.25, 0.3) is 11.5 Å². The summed E-state index contributed by atoms with van der Waals surface area (Å²) in [6.45, 7) is 8.01. The fraction of sp³-hybridized carbons (Fsp3) is 0.500. The first-order valence-corrected chi connectivity index (χ1v) is 9.35.